The van der Waals surface area contributed by atoms with Gasteiger partial charge in [0.2, 0.25) is 0 Å². The number of hydrogen-bond donors (Lipinski definition) is 1. The average molecular weight is 269 g/mol. The van der Waals surface area contributed by atoms with E-state index in [1.165, 1.54) is 0 Å². The lowest BCUT2D eigenvalue weighted by molar-refractivity contribution is -0.0229. The van der Waals surface area contributed by atoms with Crippen molar-refractivity contribution >= 4 is 11.6 Å². The lowest BCUT2D eigenvalue weighted by Gasteiger charge is -2.22. The fraction of sp³-hybridized carbons (Fsp3) is 0.600. The van der Waals surface area contributed by atoms with Crippen LogP contribution >= 0.6 is 11.6 Å². The van der Waals surface area contributed by atoms with E-state index in [2.05, 4.69) is 13.8 Å². The first-order valence-corrected chi connectivity index (χ1v) is 6.92. The molecule has 100 valence electrons. The van der Waals surface area contributed by atoms with Gasteiger partial charge in [-0.2, -0.15) is 0 Å². The van der Waals surface area contributed by atoms with E-state index in [-0.39, 0.29) is 24.2 Å². The molecule has 0 spiro atoms. The van der Waals surface area contributed by atoms with E-state index >= 15 is 0 Å². The molecule has 0 aliphatic carbocycles. The molecule has 0 bridgehead atoms. The molecule has 2 unspecified atom stereocenters. The molecule has 1 saturated heterocycles. The molecule has 0 radical (unpaired) electrons. The van der Waals surface area contributed by atoms with Gasteiger partial charge in [0.25, 0.3) is 0 Å². The van der Waals surface area contributed by atoms with Crippen molar-refractivity contribution in [2.75, 3.05) is 6.61 Å². The van der Waals surface area contributed by atoms with E-state index in [1.807, 2.05) is 24.3 Å². The van der Waals surface area contributed by atoms with E-state index in [0.29, 0.717) is 0 Å². The van der Waals surface area contributed by atoms with Crippen LogP contribution in [0.15, 0.2) is 24.3 Å². The molecule has 1 aliphatic rings. The van der Waals surface area contributed by atoms with Crippen LogP contribution in [0.3, 0.4) is 0 Å². The Balaban J connectivity index is 2.02. The van der Waals surface area contributed by atoms with Gasteiger partial charge in [-0.25, -0.2) is 0 Å². The smallest absolute Gasteiger partial charge is 0.0631 e. The van der Waals surface area contributed by atoms with Crippen LogP contribution in [0.2, 0.25) is 5.02 Å². The predicted molar refractivity (Wildman–Crippen MR) is 74.1 cm³/mol. The molecule has 2 nitrogen and oxygen atoms in total. The Bertz CT molecular complexity index is 403. The molecule has 1 aromatic carbocycles. The van der Waals surface area contributed by atoms with Crippen molar-refractivity contribution in [1.29, 1.82) is 0 Å². The molecule has 3 heteroatoms. The van der Waals surface area contributed by atoms with E-state index < -0.39 is 0 Å². The van der Waals surface area contributed by atoms with Gasteiger partial charge in [-0.15, -0.1) is 0 Å². The molecule has 1 N–H and O–H groups in total. The van der Waals surface area contributed by atoms with Crippen molar-refractivity contribution in [3.05, 3.63) is 34.9 Å². The van der Waals surface area contributed by atoms with Crippen molar-refractivity contribution in [2.45, 2.75) is 50.7 Å². The van der Waals surface area contributed by atoms with Crippen LogP contribution in [0.25, 0.3) is 0 Å². The summed E-state index contributed by atoms with van der Waals surface area (Å²) in [7, 11) is 0. The zero-order valence-corrected chi connectivity index (χ0v) is 11.8. The van der Waals surface area contributed by atoms with Gasteiger partial charge in [0.05, 0.1) is 18.3 Å². The SMILES string of the molecule is CC1(C)CCC(CC(CO)c2cccc(Cl)c2)O1. The quantitative estimate of drug-likeness (QED) is 0.901. The van der Waals surface area contributed by atoms with Gasteiger partial charge >= 0.3 is 0 Å². The fourth-order valence-corrected chi connectivity index (χ4v) is 2.84. The summed E-state index contributed by atoms with van der Waals surface area (Å²) >= 11 is 5.99. The molecule has 0 aromatic heterocycles. The second-order valence-corrected chi connectivity index (χ2v) is 6.14. The van der Waals surface area contributed by atoms with Gasteiger partial charge < -0.3 is 9.84 Å². The molecule has 18 heavy (non-hydrogen) atoms. The Morgan fingerprint density at radius 2 is 2.28 bits per heavy atom. The molecule has 0 amide bonds. The Labute approximate surface area is 114 Å². The maximum Gasteiger partial charge on any atom is 0.0631 e. The Hall–Kier alpha value is -0.570. The van der Waals surface area contributed by atoms with Crippen molar-refractivity contribution in [3.8, 4) is 0 Å². The van der Waals surface area contributed by atoms with E-state index in [4.69, 9.17) is 16.3 Å². The number of benzene rings is 1. The first-order chi connectivity index (χ1) is 8.50. The van der Waals surface area contributed by atoms with Crippen LogP contribution in [-0.4, -0.2) is 23.4 Å². The maximum absolute atomic E-state index is 9.56. The Morgan fingerprint density at radius 3 is 2.83 bits per heavy atom. The number of rotatable bonds is 4. The standard InChI is InChI=1S/C15H21ClO2/c1-15(2)7-6-14(18-15)9-12(10-17)11-4-3-5-13(16)8-11/h3-5,8,12,14,17H,6-7,9-10H2,1-2H3. The number of halogens is 1. The van der Waals surface area contributed by atoms with Gasteiger partial charge in [0.1, 0.15) is 0 Å². The van der Waals surface area contributed by atoms with Gasteiger partial charge in [-0.05, 0) is 50.8 Å². The number of aliphatic hydroxyl groups excluding tert-OH is 1. The molecule has 2 atom stereocenters. The predicted octanol–water partition coefficient (Wildman–Crippen LogP) is 3.76. The molecule has 1 aromatic rings. The lowest BCUT2D eigenvalue weighted by Crippen LogP contribution is -2.22. The van der Waals surface area contributed by atoms with Gasteiger partial charge in [-0.1, -0.05) is 23.7 Å². The van der Waals surface area contributed by atoms with Gasteiger partial charge in [0.15, 0.2) is 0 Å². The molecular weight excluding hydrogens is 248 g/mol. The highest BCUT2D eigenvalue weighted by Gasteiger charge is 2.33. The van der Waals surface area contributed by atoms with E-state index in [1.54, 1.807) is 0 Å². The van der Waals surface area contributed by atoms with Crippen molar-refractivity contribution in [2.24, 2.45) is 0 Å². The summed E-state index contributed by atoms with van der Waals surface area (Å²) < 4.78 is 5.99. The Kier molecular flexibility index (Phi) is 4.31. The first kappa shape index (κ1) is 13.9. The summed E-state index contributed by atoms with van der Waals surface area (Å²) in [5, 5.41) is 10.3. The van der Waals surface area contributed by atoms with Crippen molar-refractivity contribution < 1.29 is 9.84 Å². The second-order valence-electron chi connectivity index (χ2n) is 5.71. The highest BCUT2D eigenvalue weighted by atomic mass is 35.5. The highest BCUT2D eigenvalue weighted by Crippen LogP contribution is 2.35. The molecule has 2 rings (SSSR count). The largest absolute Gasteiger partial charge is 0.396 e. The average Bonchev–Trinajstić information content (AvgIpc) is 2.65. The fourth-order valence-electron chi connectivity index (χ4n) is 2.64. The molecular formula is C15H21ClO2. The molecule has 1 fully saturated rings. The van der Waals surface area contributed by atoms with Gasteiger partial charge in [-0.3, -0.25) is 0 Å². The number of aliphatic hydroxyl groups is 1. The van der Waals surface area contributed by atoms with Crippen LogP contribution in [0, 0.1) is 0 Å². The highest BCUT2D eigenvalue weighted by molar-refractivity contribution is 6.30. The topological polar surface area (TPSA) is 29.5 Å². The minimum atomic E-state index is -0.0149. The van der Waals surface area contributed by atoms with Crippen molar-refractivity contribution in [1.82, 2.24) is 0 Å². The second kappa shape index (κ2) is 5.60. The van der Waals surface area contributed by atoms with Crippen molar-refractivity contribution in [3.63, 3.8) is 0 Å². The summed E-state index contributed by atoms with van der Waals surface area (Å²) in [5.41, 5.74) is 1.08. The first-order valence-electron chi connectivity index (χ1n) is 6.54. The Morgan fingerprint density at radius 1 is 1.50 bits per heavy atom. The van der Waals surface area contributed by atoms with Crippen LogP contribution in [0.1, 0.15) is 44.6 Å². The maximum atomic E-state index is 9.56. The summed E-state index contributed by atoms with van der Waals surface area (Å²) in [6, 6.07) is 7.74. The van der Waals surface area contributed by atoms with Crippen LogP contribution in [0.5, 0.6) is 0 Å². The van der Waals surface area contributed by atoms with Crippen LogP contribution in [-0.2, 0) is 4.74 Å². The summed E-state index contributed by atoms with van der Waals surface area (Å²) in [6.07, 6.45) is 3.27. The molecule has 0 saturated carbocycles. The number of ether oxygens (including phenoxy) is 1. The van der Waals surface area contributed by atoms with E-state index in [0.717, 1.165) is 29.8 Å². The minimum absolute atomic E-state index is 0.0149. The summed E-state index contributed by atoms with van der Waals surface area (Å²) in [5.74, 6) is 0.114. The summed E-state index contributed by atoms with van der Waals surface area (Å²) in [6.45, 7) is 4.39. The zero-order chi connectivity index (χ0) is 13.2. The van der Waals surface area contributed by atoms with Crippen LogP contribution in [0.4, 0.5) is 0 Å². The van der Waals surface area contributed by atoms with Gasteiger partial charge in [0, 0.05) is 10.9 Å². The molecule has 1 heterocycles. The zero-order valence-electron chi connectivity index (χ0n) is 11.0. The van der Waals surface area contributed by atoms with Crippen LogP contribution < -0.4 is 0 Å². The van der Waals surface area contributed by atoms with E-state index in [9.17, 15) is 5.11 Å². The third-order valence-corrected chi connectivity index (χ3v) is 3.88. The summed E-state index contributed by atoms with van der Waals surface area (Å²) in [4.78, 5) is 0. The molecule has 1 aliphatic heterocycles. The minimum Gasteiger partial charge on any atom is -0.396 e. The normalized spacial score (nSPS) is 24.1. The third kappa shape index (κ3) is 3.47. The third-order valence-electron chi connectivity index (χ3n) is 3.64. The number of hydrogen-bond acceptors (Lipinski definition) is 2. The lowest BCUT2D eigenvalue weighted by atomic mass is 9.92. The monoisotopic (exact) mass is 268 g/mol.